The van der Waals surface area contributed by atoms with Crippen LogP contribution < -0.4 is 15.8 Å². The summed E-state index contributed by atoms with van der Waals surface area (Å²) in [5, 5.41) is 3.10. The second kappa shape index (κ2) is 9.44. The minimum absolute atomic E-state index is 0. The van der Waals surface area contributed by atoms with Gasteiger partial charge in [0.1, 0.15) is 5.75 Å². The smallest absolute Gasteiger partial charge is 0.259 e. The van der Waals surface area contributed by atoms with Gasteiger partial charge in [-0.1, -0.05) is 23.7 Å². The van der Waals surface area contributed by atoms with E-state index in [0.29, 0.717) is 22.9 Å². The number of anilines is 2. The third-order valence-corrected chi connectivity index (χ3v) is 6.02. The van der Waals surface area contributed by atoms with E-state index in [-0.39, 0.29) is 33.6 Å². The summed E-state index contributed by atoms with van der Waals surface area (Å²) in [4.78, 5) is 12.6. The van der Waals surface area contributed by atoms with Gasteiger partial charge in [0, 0.05) is 33.1 Å². The van der Waals surface area contributed by atoms with Crippen molar-refractivity contribution in [3.05, 3.63) is 52.5 Å². The van der Waals surface area contributed by atoms with Crippen molar-refractivity contribution in [2.75, 3.05) is 18.2 Å². The van der Waals surface area contributed by atoms with Crippen molar-refractivity contribution < 1.29 is 13.7 Å². The van der Waals surface area contributed by atoms with Gasteiger partial charge in [-0.25, -0.2) is 0 Å². The lowest BCUT2D eigenvalue weighted by Crippen LogP contribution is -2.23. The fourth-order valence-electron chi connectivity index (χ4n) is 2.22. The van der Waals surface area contributed by atoms with Gasteiger partial charge in [0.05, 0.1) is 23.4 Å². The second-order valence-corrected chi connectivity index (χ2v) is 9.44. The molecule has 148 valence electrons. The predicted molar refractivity (Wildman–Crippen MR) is 116 cm³/mol. The summed E-state index contributed by atoms with van der Waals surface area (Å²) in [6.07, 6.45) is 0. The molecule has 0 bridgehead atoms. The topological polar surface area (TPSA) is 81.4 Å². The average Bonchev–Trinajstić information content (AvgIpc) is 2.56. The molecule has 5 nitrogen and oxygen atoms in total. The zero-order chi connectivity index (χ0) is 19.5. The van der Waals surface area contributed by atoms with E-state index >= 15 is 0 Å². The molecule has 2 rings (SSSR count). The average molecular weight is 431 g/mol. The van der Waals surface area contributed by atoms with E-state index in [0.717, 1.165) is 5.56 Å². The van der Waals surface area contributed by atoms with Gasteiger partial charge in [0.25, 0.3) is 5.91 Å². The molecule has 3 N–H and O–H groups in total. The summed E-state index contributed by atoms with van der Waals surface area (Å²) in [6.45, 7) is 5.81. The van der Waals surface area contributed by atoms with E-state index < -0.39 is 10.8 Å². The number of nitrogens with two attached hydrogens (primary N) is 1. The largest absolute Gasteiger partial charge is 0.496 e. The zero-order valence-corrected chi connectivity index (χ0v) is 18.1. The summed E-state index contributed by atoms with van der Waals surface area (Å²) < 4.78 is 17.2. The number of halogens is 2. The molecule has 0 saturated carbocycles. The highest BCUT2D eigenvalue weighted by atomic mass is 35.5. The molecule has 0 fully saturated rings. The molecule has 0 spiro atoms. The van der Waals surface area contributed by atoms with Crippen molar-refractivity contribution in [3.63, 3.8) is 0 Å². The summed E-state index contributed by atoms with van der Waals surface area (Å²) in [6, 6.07) is 10.3. The number of carbonyl (C=O) groups is 1. The second-order valence-electron chi connectivity index (χ2n) is 6.83. The van der Waals surface area contributed by atoms with Crippen molar-refractivity contribution in [2.24, 2.45) is 0 Å². The van der Waals surface area contributed by atoms with E-state index in [1.165, 1.54) is 19.2 Å². The molecule has 0 aromatic heterocycles. The van der Waals surface area contributed by atoms with Crippen LogP contribution in [-0.2, 0) is 16.6 Å². The maximum Gasteiger partial charge on any atom is 0.259 e. The number of benzene rings is 2. The monoisotopic (exact) mass is 430 g/mol. The quantitative estimate of drug-likeness (QED) is 0.676. The molecule has 1 atom stereocenters. The minimum atomic E-state index is -1.02. The van der Waals surface area contributed by atoms with Crippen LogP contribution in [0.5, 0.6) is 5.75 Å². The van der Waals surface area contributed by atoms with Crippen LogP contribution in [0.15, 0.2) is 36.4 Å². The fraction of sp³-hybridized carbons (Fsp3) is 0.316. The minimum Gasteiger partial charge on any atom is -0.496 e. The molecule has 0 aliphatic heterocycles. The van der Waals surface area contributed by atoms with Crippen LogP contribution in [0, 0.1) is 0 Å². The Morgan fingerprint density at radius 2 is 1.93 bits per heavy atom. The molecule has 2 aromatic rings. The van der Waals surface area contributed by atoms with Crippen LogP contribution >= 0.6 is 24.0 Å². The van der Waals surface area contributed by atoms with Crippen LogP contribution in [0.1, 0.15) is 36.7 Å². The Labute approximate surface area is 173 Å². The Morgan fingerprint density at radius 3 is 2.52 bits per heavy atom. The first-order valence-electron chi connectivity index (χ1n) is 8.03. The lowest BCUT2D eigenvalue weighted by atomic mass is 10.1. The first-order valence-corrected chi connectivity index (χ1v) is 9.73. The lowest BCUT2D eigenvalue weighted by Gasteiger charge is -2.18. The number of methoxy groups -OCH3 is 1. The highest BCUT2D eigenvalue weighted by molar-refractivity contribution is 7.85. The molecule has 0 saturated heterocycles. The number of hydrogen-bond acceptors (Lipinski definition) is 4. The third-order valence-electron chi connectivity index (χ3n) is 3.73. The van der Waals surface area contributed by atoms with E-state index in [1.54, 1.807) is 6.07 Å². The van der Waals surface area contributed by atoms with Crippen LogP contribution in [0.4, 0.5) is 11.4 Å². The highest BCUT2D eigenvalue weighted by Crippen LogP contribution is 2.29. The zero-order valence-electron chi connectivity index (χ0n) is 15.7. The summed E-state index contributed by atoms with van der Waals surface area (Å²) in [5.74, 6) is 0.400. The molecular weight excluding hydrogens is 407 g/mol. The molecule has 0 radical (unpaired) electrons. The number of amides is 1. The number of nitrogen functional groups attached to an aromatic ring is 1. The molecule has 0 aliphatic rings. The SMILES string of the molecule is COc1cc(N)c(Cl)cc1C(=O)Nc1cccc(CS(=O)C(C)(C)C)c1.Cl. The molecule has 27 heavy (non-hydrogen) atoms. The first kappa shape index (κ1) is 23.3. The van der Waals surface area contributed by atoms with Crippen LogP contribution in [0.25, 0.3) is 0 Å². The molecule has 0 aliphatic carbocycles. The Morgan fingerprint density at radius 1 is 1.26 bits per heavy atom. The normalized spacial score (nSPS) is 12.0. The Kier molecular flexibility index (Phi) is 8.14. The van der Waals surface area contributed by atoms with Crippen molar-refractivity contribution in [1.82, 2.24) is 0 Å². The van der Waals surface area contributed by atoms with Gasteiger partial charge in [0.15, 0.2) is 0 Å². The van der Waals surface area contributed by atoms with E-state index in [9.17, 15) is 9.00 Å². The number of rotatable bonds is 5. The number of hydrogen-bond donors (Lipinski definition) is 2. The molecule has 8 heteroatoms. The number of carbonyl (C=O) groups excluding carboxylic acids is 1. The predicted octanol–water partition coefficient (Wildman–Crippen LogP) is 4.65. The summed E-state index contributed by atoms with van der Waals surface area (Å²) in [7, 11) is 0.440. The lowest BCUT2D eigenvalue weighted by molar-refractivity contribution is 0.102. The van der Waals surface area contributed by atoms with Gasteiger partial charge in [-0.15, -0.1) is 12.4 Å². The Balaban J connectivity index is 0.00000364. The van der Waals surface area contributed by atoms with E-state index in [1.807, 2.05) is 39.0 Å². The molecule has 0 heterocycles. The molecule has 2 aromatic carbocycles. The third kappa shape index (κ3) is 6.13. The van der Waals surface area contributed by atoms with Crippen molar-refractivity contribution >= 4 is 52.1 Å². The van der Waals surface area contributed by atoms with Crippen molar-refractivity contribution in [1.29, 1.82) is 0 Å². The van der Waals surface area contributed by atoms with Gasteiger partial charge in [-0.2, -0.15) is 0 Å². The first-order chi connectivity index (χ1) is 12.1. The molecule has 1 unspecified atom stereocenters. The van der Waals surface area contributed by atoms with Crippen LogP contribution in [-0.4, -0.2) is 22.0 Å². The van der Waals surface area contributed by atoms with Crippen molar-refractivity contribution in [3.8, 4) is 5.75 Å². The van der Waals surface area contributed by atoms with Gasteiger partial charge >= 0.3 is 0 Å². The maximum atomic E-state index is 12.6. The van der Waals surface area contributed by atoms with Crippen LogP contribution in [0.3, 0.4) is 0 Å². The molecular formula is C19H24Cl2N2O3S. The number of nitrogens with one attached hydrogen (secondary N) is 1. The highest BCUT2D eigenvalue weighted by Gasteiger charge is 2.20. The van der Waals surface area contributed by atoms with Gasteiger partial charge in [0.2, 0.25) is 0 Å². The van der Waals surface area contributed by atoms with Gasteiger partial charge in [-0.3, -0.25) is 9.00 Å². The van der Waals surface area contributed by atoms with Crippen LogP contribution in [0.2, 0.25) is 5.02 Å². The maximum absolute atomic E-state index is 12.6. The van der Waals surface area contributed by atoms with E-state index in [4.69, 9.17) is 22.1 Å². The fourth-order valence-corrected chi connectivity index (χ4v) is 3.30. The standard InChI is InChI=1S/C19H23ClN2O3S.ClH/c1-19(2,3)26(24)11-12-6-5-7-13(8-12)22-18(23)14-9-15(20)16(21)10-17(14)25-4;/h5-10H,11,21H2,1-4H3,(H,22,23);1H. The Bertz CT molecular complexity index is 851. The van der Waals surface area contributed by atoms with Gasteiger partial charge < -0.3 is 15.8 Å². The summed E-state index contributed by atoms with van der Waals surface area (Å²) in [5.41, 5.74) is 7.87. The van der Waals surface area contributed by atoms with Gasteiger partial charge in [-0.05, 0) is 44.5 Å². The molecule has 1 amide bonds. The summed E-state index contributed by atoms with van der Waals surface area (Å²) >= 11 is 6.02. The van der Waals surface area contributed by atoms with E-state index in [2.05, 4.69) is 5.32 Å². The Hall–Kier alpha value is -1.76. The van der Waals surface area contributed by atoms with Crippen molar-refractivity contribution in [2.45, 2.75) is 31.3 Å². The number of ether oxygens (including phenoxy) is 1.